The zero-order chi connectivity index (χ0) is 22.3. The highest BCUT2D eigenvalue weighted by Crippen LogP contribution is 2.31. The summed E-state index contributed by atoms with van der Waals surface area (Å²) in [5.74, 6) is -0.539. The lowest BCUT2D eigenvalue weighted by Crippen LogP contribution is -2.47. The van der Waals surface area contributed by atoms with E-state index in [1.165, 1.54) is 11.3 Å². The molecule has 1 aliphatic rings. The van der Waals surface area contributed by atoms with Crippen molar-refractivity contribution < 1.29 is 9.59 Å². The van der Waals surface area contributed by atoms with Crippen LogP contribution in [-0.4, -0.2) is 22.8 Å². The molecule has 0 saturated heterocycles. The smallest absolute Gasteiger partial charge is 0.277 e. The summed E-state index contributed by atoms with van der Waals surface area (Å²) in [5.41, 5.74) is 1.59. The van der Waals surface area contributed by atoms with E-state index in [1.54, 1.807) is 48.7 Å². The average Bonchev–Trinajstić information content (AvgIpc) is 2.84. The lowest BCUT2D eigenvalue weighted by molar-refractivity contribution is -0.123. The first kappa shape index (κ1) is 22.0. The zero-order valence-electron chi connectivity index (χ0n) is 17.8. The Kier molecular flexibility index (Phi) is 7.17. The molecular weight excluding hydrogens is 422 g/mol. The molecule has 164 valence electrons. The molecule has 0 spiro atoms. The monoisotopic (exact) mass is 447 g/mol. The summed E-state index contributed by atoms with van der Waals surface area (Å²) < 4.78 is 0. The van der Waals surface area contributed by atoms with Crippen molar-refractivity contribution in [1.29, 1.82) is 0 Å². The minimum absolute atomic E-state index is 0.125. The van der Waals surface area contributed by atoms with Crippen molar-refractivity contribution in [3.8, 4) is 0 Å². The number of rotatable bonds is 6. The highest BCUT2D eigenvalue weighted by atomic mass is 35.5. The second-order valence-electron chi connectivity index (χ2n) is 8.02. The van der Waals surface area contributed by atoms with Crippen LogP contribution in [-0.2, 0) is 4.79 Å². The quantitative estimate of drug-likeness (QED) is 0.537. The van der Waals surface area contributed by atoms with Gasteiger partial charge in [-0.05, 0) is 54.8 Å². The molecule has 5 nitrogen and oxygen atoms in total. The molecule has 0 aliphatic heterocycles. The van der Waals surface area contributed by atoms with Gasteiger partial charge in [-0.25, -0.2) is 0 Å². The summed E-state index contributed by atoms with van der Waals surface area (Å²) in [5, 5.41) is 3.76. The Hall–Kier alpha value is -3.18. The number of carbonyl (C=O) groups is 2. The number of nitrogens with one attached hydrogen (secondary N) is 1. The third-order valence-corrected chi connectivity index (χ3v) is 6.03. The van der Waals surface area contributed by atoms with Gasteiger partial charge in [0, 0.05) is 22.9 Å². The number of benzene rings is 2. The number of halogens is 1. The molecule has 1 saturated carbocycles. The number of carbonyl (C=O) groups excluding carboxylic acids is 2. The largest absolute Gasteiger partial charge is 0.351 e. The summed E-state index contributed by atoms with van der Waals surface area (Å²) in [6, 6.07) is 20.8. The second-order valence-corrected chi connectivity index (χ2v) is 8.46. The molecule has 2 amide bonds. The van der Waals surface area contributed by atoms with Gasteiger partial charge in [0.05, 0.1) is 0 Å². The highest BCUT2D eigenvalue weighted by Gasteiger charge is 2.35. The summed E-state index contributed by atoms with van der Waals surface area (Å²) in [4.78, 5) is 33.1. The van der Waals surface area contributed by atoms with Gasteiger partial charge in [-0.1, -0.05) is 67.3 Å². The van der Waals surface area contributed by atoms with E-state index in [4.69, 9.17) is 11.6 Å². The van der Waals surface area contributed by atoms with Gasteiger partial charge in [0.2, 0.25) is 5.91 Å². The minimum atomic E-state index is -0.839. The lowest BCUT2D eigenvalue weighted by atomic mass is 9.94. The van der Waals surface area contributed by atoms with Crippen molar-refractivity contribution >= 4 is 29.1 Å². The number of nitrogens with zero attached hydrogens (tertiary/aromatic N) is 2. The molecule has 1 heterocycles. The first-order valence-electron chi connectivity index (χ1n) is 11.0. The number of pyridine rings is 1. The molecule has 1 N–H and O–H groups in total. The van der Waals surface area contributed by atoms with Crippen molar-refractivity contribution in [1.82, 2.24) is 10.3 Å². The Balaban J connectivity index is 1.77. The maximum absolute atomic E-state index is 13.7. The molecule has 1 aromatic heterocycles. The number of amides is 2. The molecule has 3 aromatic rings. The summed E-state index contributed by atoms with van der Waals surface area (Å²) in [7, 11) is 0. The van der Waals surface area contributed by atoms with E-state index in [0.29, 0.717) is 10.7 Å². The van der Waals surface area contributed by atoms with E-state index < -0.39 is 6.04 Å². The SMILES string of the molecule is O=C(NC1CCCCC1)[C@H](c1ccccc1)N(C(=O)c1ccccn1)c1ccc(Cl)cc1. The van der Waals surface area contributed by atoms with Crippen LogP contribution in [0.15, 0.2) is 79.0 Å². The molecule has 32 heavy (non-hydrogen) atoms. The molecule has 0 bridgehead atoms. The number of anilines is 1. The third kappa shape index (κ3) is 5.17. The molecule has 0 radical (unpaired) electrons. The maximum Gasteiger partial charge on any atom is 0.277 e. The van der Waals surface area contributed by atoms with E-state index in [2.05, 4.69) is 10.3 Å². The van der Waals surface area contributed by atoms with Crippen LogP contribution < -0.4 is 10.2 Å². The van der Waals surface area contributed by atoms with E-state index >= 15 is 0 Å². The van der Waals surface area contributed by atoms with Crippen molar-refractivity contribution in [2.24, 2.45) is 0 Å². The highest BCUT2D eigenvalue weighted by molar-refractivity contribution is 6.30. The first-order chi connectivity index (χ1) is 15.6. The number of aromatic nitrogens is 1. The average molecular weight is 448 g/mol. The molecule has 0 unspecified atom stereocenters. The Morgan fingerprint density at radius 3 is 2.25 bits per heavy atom. The van der Waals surface area contributed by atoms with Gasteiger partial charge >= 0.3 is 0 Å². The predicted octanol–water partition coefficient (Wildman–Crippen LogP) is 5.57. The molecule has 2 aromatic carbocycles. The van der Waals surface area contributed by atoms with Gasteiger partial charge in [0.1, 0.15) is 11.7 Å². The Morgan fingerprint density at radius 2 is 1.59 bits per heavy atom. The topological polar surface area (TPSA) is 62.3 Å². The van der Waals surface area contributed by atoms with Crippen molar-refractivity contribution in [2.45, 2.75) is 44.2 Å². The minimum Gasteiger partial charge on any atom is -0.351 e. The van der Waals surface area contributed by atoms with E-state index in [9.17, 15) is 9.59 Å². The van der Waals surface area contributed by atoms with Crippen LogP contribution in [0.4, 0.5) is 5.69 Å². The van der Waals surface area contributed by atoms with E-state index in [0.717, 1.165) is 31.2 Å². The number of hydrogen-bond acceptors (Lipinski definition) is 3. The van der Waals surface area contributed by atoms with Crippen molar-refractivity contribution in [2.75, 3.05) is 4.90 Å². The van der Waals surface area contributed by atoms with Crippen molar-refractivity contribution in [3.05, 3.63) is 95.3 Å². The molecule has 4 rings (SSSR count). The van der Waals surface area contributed by atoms with Gasteiger partial charge < -0.3 is 5.32 Å². The number of hydrogen-bond donors (Lipinski definition) is 1. The molecular formula is C26H26ClN3O2. The van der Waals surface area contributed by atoms with Crippen LogP contribution in [0.3, 0.4) is 0 Å². The molecule has 1 aliphatic carbocycles. The van der Waals surface area contributed by atoms with Gasteiger partial charge in [0.25, 0.3) is 5.91 Å². The lowest BCUT2D eigenvalue weighted by Gasteiger charge is -2.33. The van der Waals surface area contributed by atoms with E-state index in [-0.39, 0.29) is 23.6 Å². The van der Waals surface area contributed by atoms with Crippen LogP contribution in [0.5, 0.6) is 0 Å². The van der Waals surface area contributed by atoms with Crippen LogP contribution in [0.1, 0.15) is 54.2 Å². The normalized spacial score (nSPS) is 15.0. The second kappa shape index (κ2) is 10.4. The van der Waals surface area contributed by atoms with E-state index in [1.807, 2.05) is 30.3 Å². The van der Waals surface area contributed by atoms with Gasteiger partial charge in [-0.3, -0.25) is 19.5 Å². The van der Waals surface area contributed by atoms with Crippen LogP contribution in [0.2, 0.25) is 5.02 Å². The summed E-state index contributed by atoms with van der Waals surface area (Å²) >= 11 is 6.11. The van der Waals surface area contributed by atoms with Crippen LogP contribution in [0.25, 0.3) is 0 Å². The fourth-order valence-corrected chi connectivity index (χ4v) is 4.30. The van der Waals surface area contributed by atoms with Gasteiger partial charge in [-0.2, -0.15) is 0 Å². The van der Waals surface area contributed by atoms with Crippen LogP contribution >= 0.6 is 11.6 Å². The molecule has 6 heteroatoms. The van der Waals surface area contributed by atoms with Gasteiger partial charge in [0.15, 0.2) is 0 Å². The summed E-state index contributed by atoms with van der Waals surface area (Å²) in [6.45, 7) is 0. The summed E-state index contributed by atoms with van der Waals surface area (Å²) in [6.07, 6.45) is 6.91. The Labute approximate surface area is 193 Å². The predicted molar refractivity (Wildman–Crippen MR) is 127 cm³/mol. The van der Waals surface area contributed by atoms with Gasteiger partial charge in [-0.15, -0.1) is 0 Å². The molecule has 1 atom stereocenters. The Bertz CT molecular complexity index is 1040. The molecule has 1 fully saturated rings. The fourth-order valence-electron chi connectivity index (χ4n) is 4.18. The standard InChI is InChI=1S/C26H26ClN3O2/c27-20-14-16-22(17-15-20)30(26(32)23-13-7-8-18-28-23)24(19-9-3-1-4-10-19)25(31)29-21-11-5-2-6-12-21/h1,3-4,7-10,13-18,21,24H,2,5-6,11-12H2,(H,29,31)/t24-/m0/s1. The van der Waals surface area contributed by atoms with Crippen molar-refractivity contribution in [3.63, 3.8) is 0 Å². The zero-order valence-corrected chi connectivity index (χ0v) is 18.5. The first-order valence-corrected chi connectivity index (χ1v) is 11.4. The Morgan fingerprint density at radius 1 is 0.906 bits per heavy atom. The maximum atomic E-state index is 13.7. The fraction of sp³-hybridized carbons (Fsp3) is 0.269. The third-order valence-electron chi connectivity index (χ3n) is 5.78. The van der Waals surface area contributed by atoms with Crippen LogP contribution in [0, 0.1) is 0 Å².